The van der Waals surface area contributed by atoms with Gasteiger partial charge in [-0.15, -0.1) is 0 Å². The van der Waals surface area contributed by atoms with Gasteiger partial charge < -0.3 is 36.7 Å². The van der Waals surface area contributed by atoms with Gasteiger partial charge in [-0.05, 0) is 72.6 Å². The van der Waals surface area contributed by atoms with Crippen LogP contribution in [0.3, 0.4) is 0 Å². The molecule has 3 aromatic rings. The van der Waals surface area contributed by atoms with Crippen LogP contribution in [0, 0.1) is 0 Å². The Balaban J connectivity index is 0.000000600. The van der Waals surface area contributed by atoms with E-state index in [1.807, 2.05) is 49.3 Å². The van der Waals surface area contributed by atoms with E-state index in [-0.39, 0.29) is 12.3 Å². The Morgan fingerprint density at radius 2 is 1.61 bits per heavy atom. The topological polar surface area (TPSA) is 152 Å². The number of carbonyl (C=O) groups excluding carboxylic acids is 2. The monoisotopic (exact) mass is 513 g/mol. The average molecular weight is 514 g/mol. The van der Waals surface area contributed by atoms with Gasteiger partial charge in [0, 0.05) is 17.9 Å². The molecule has 0 heterocycles. The molecular formula is C26H35N5O4S. The van der Waals surface area contributed by atoms with Crippen molar-refractivity contribution in [3.8, 4) is 5.75 Å². The fraction of sp³-hybridized carbons (Fsp3) is 0.192. The van der Waals surface area contributed by atoms with Crippen molar-refractivity contribution in [1.82, 2.24) is 0 Å². The molecule has 0 unspecified atom stereocenters. The Morgan fingerprint density at radius 3 is 2.14 bits per heavy atom. The number of anilines is 2. The first kappa shape index (κ1) is 32.1. The Labute approximate surface area is 217 Å². The lowest BCUT2D eigenvalue weighted by molar-refractivity contribution is -0.114. The molecule has 0 atom stereocenters. The molecule has 0 spiro atoms. The molecule has 1 amide bonds. The average Bonchev–Trinajstić information content (AvgIpc) is 2.93. The van der Waals surface area contributed by atoms with Gasteiger partial charge in [-0.3, -0.25) is 9.79 Å². The zero-order valence-corrected chi connectivity index (χ0v) is 21.5. The van der Waals surface area contributed by atoms with Crippen LogP contribution in [-0.4, -0.2) is 57.7 Å². The quantitative estimate of drug-likeness (QED) is 0.111. The molecule has 0 aromatic heterocycles. The summed E-state index contributed by atoms with van der Waals surface area (Å²) < 4.78 is 5.17. The maximum Gasteiger partial charge on any atom is 0.267 e. The molecule has 0 aliphatic rings. The van der Waals surface area contributed by atoms with Gasteiger partial charge in [0.25, 0.3) is 5.91 Å². The van der Waals surface area contributed by atoms with Gasteiger partial charge in [0.2, 0.25) is 0 Å². The summed E-state index contributed by atoms with van der Waals surface area (Å²) >= 11 is 4.13. The predicted molar refractivity (Wildman–Crippen MR) is 154 cm³/mol. The van der Waals surface area contributed by atoms with Crippen LogP contribution >= 0.6 is 12.6 Å². The number of aliphatic hydroxyl groups excluding tert-OH is 1. The third kappa shape index (κ3) is 11.5. The number of aliphatic hydroxyl groups is 1. The van der Waals surface area contributed by atoms with E-state index in [2.05, 4.69) is 58.9 Å². The normalized spacial score (nSPS) is 9.75. The summed E-state index contributed by atoms with van der Waals surface area (Å²) in [5.41, 5.74) is 12.5. The molecule has 0 bridgehead atoms. The number of thiol groups is 1. The number of benzene rings is 3. The maximum absolute atomic E-state index is 10.9. The lowest BCUT2D eigenvalue weighted by atomic mass is 10.1. The van der Waals surface area contributed by atoms with Gasteiger partial charge in [0.15, 0.2) is 0 Å². The fourth-order valence-electron chi connectivity index (χ4n) is 2.80. The van der Waals surface area contributed by atoms with Crippen molar-refractivity contribution in [3.05, 3.63) is 71.9 Å². The summed E-state index contributed by atoms with van der Waals surface area (Å²) in [4.78, 5) is 22.5. The van der Waals surface area contributed by atoms with Crippen molar-refractivity contribution in [2.75, 3.05) is 43.8 Å². The zero-order chi connectivity index (χ0) is 27.3. The third-order valence-electron chi connectivity index (χ3n) is 4.41. The zero-order valence-electron chi connectivity index (χ0n) is 20.6. The van der Waals surface area contributed by atoms with Crippen molar-refractivity contribution in [1.29, 1.82) is 0 Å². The van der Waals surface area contributed by atoms with Crippen LogP contribution in [0.25, 0.3) is 16.8 Å². The fourth-order valence-corrected chi connectivity index (χ4v) is 2.98. The Morgan fingerprint density at radius 1 is 1.03 bits per heavy atom. The van der Waals surface area contributed by atoms with Gasteiger partial charge in [0.1, 0.15) is 18.2 Å². The van der Waals surface area contributed by atoms with Crippen LogP contribution in [0.15, 0.2) is 71.4 Å². The molecule has 0 fully saturated rings. The van der Waals surface area contributed by atoms with Crippen LogP contribution < -0.4 is 26.8 Å². The van der Waals surface area contributed by atoms with Crippen LogP contribution in [0.5, 0.6) is 5.75 Å². The van der Waals surface area contributed by atoms with Gasteiger partial charge in [-0.1, -0.05) is 24.3 Å². The molecule has 10 heteroatoms. The SMILES string of the molecule is C=N/C(=C/c1ccc(NCCO)cc1)C(N)=O.C=O.CN.COc1ccc2cc(NCS)ccc2c1. The van der Waals surface area contributed by atoms with Crippen molar-refractivity contribution in [2.45, 2.75) is 0 Å². The van der Waals surface area contributed by atoms with Gasteiger partial charge in [-0.25, -0.2) is 0 Å². The number of fused-ring (bicyclic) bond motifs is 1. The summed E-state index contributed by atoms with van der Waals surface area (Å²) in [6.45, 7) is 5.85. The van der Waals surface area contributed by atoms with Crippen molar-refractivity contribution in [3.63, 3.8) is 0 Å². The van der Waals surface area contributed by atoms with E-state index < -0.39 is 5.91 Å². The summed E-state index contributed by atoms with van der Waals surface area (Å²) in [5.74, 6) is 0.918. The van der Waals surface area contributed by atoms with Crippen LogP contribution in [0.4, 0.5) is 11.4 Å². The second-order valence-electron chi connectivity index (χ2n) is 6.59. The van der Waals surface area contributed by atoms with E-state index in [1.165, 1.54) is 17.8 Å². The van der Waals surface area contributed by atoms with Crippen LogP contribution in [-0.2, 0) is 9.59 Å². The van der Waals surface area contributed by atoms with E-state index in [1.54, 1.807) is 13.2 Å². The number of ether oxygens (including phenoxy) is 1. The molecule has 0 saturated heterocycles. The molecule has 0 radical (unpaired) electrons. The maximum atomic E-state index is 10.9. The van der Waals surface area contributed by atoms with Crippen molar-refractivity contribution >= 4 is 60.3 Å². The number of nitrogens with one attached hydrogen (secondary N) is 2. The van der Waals surface area contributed by atoms with Gasteiger partial charge in [-0.2, -0.15) is 12.6 Å². The highest BCUT2D eigenvalue weighted by Crippen LogP contribution is 2.23. The Hall–Kier alpha value is -3.86. The van der Waals surface area contributed by atoms with Crippen molar-refractivity contribution in [2.24, 2.45) is 16.5 Å². The first-order chi connectivity index (χ1) is 17.5. The number of rotatable bonds is 9. The summed E-state index contributed by atoms with van der Waals surface area (Å²) in [6, 6.07) is 19.6. The molecule has 0 aliphatic heterocycles. The molecule has 3 rings (SSSR count). The molecular weight excluding hydrogens is 478 g/mol. The number of carbonyl (C=O) groups is 2. The summed E-state index contributed by atoms with van der Waals surface area (Å²) in [6.07, 6.45) is 1.56. The van der Waals surface area contributed by atoms with Gasteiger partial charge >= 0.3 is 0 Å². The third-order valence-corrected chi connectivity index (χ3v) is 4.57. The van der Waals surface area contributed by atoms with Crippen LogP contribution in [0.1, 0.15) is 5.56 Å². The van der Waals surface area contributed by atoms with E-state index in [0.29, 0.717) is 12.4 Å². The molecule has 0 aliphatic carbocycles. The van der Waals surface area contributed by atoms with E-state index in [4.69, 9.17) is 20.4 Å². The number of hydrogen-bond donors (Lipinski definition) is 6. The summed E-state index contributed by atoms with van der Waals surface area (Å²) in [5, 5.41) is 17.2. The number of nitrogens with two attached hydrogens (primary N) is 2. The number of aliphatic imine (C=N–C) groups is 1. The van der Waals surface area contributed by atoms with Gasteiger partial charge in [0.05, 0.1) is 19.6 Å². The number of nitrogens with zero attached hydrogens (tertiary/aromatic N) is 1. The molecule has 7 N–H and O–H groups in total. The van der Waals surface area contributed by atoms with Crippen molar-refractivity contribution < 1.29 is 19.4 Å². The second-order valence-corrected chi connectivity index (χ2v) is 6.90. The predicted octanol–water partition coefficient (Wildman–Crippen LogP) is 3.16. The summed E-state index contributed by atoms with van der Waals surface area (Å²) in [7, 11) is 3.18. The lowest BCUT2D eigenvalue weighted by Crippen LogP contribution is -2.12. The Bertz CT molecular complexity index is 1090. The number of amides is 1. The second kappa shape index (κ2) is 19.4. The molecule has 9 nitrogen and oxygen atoms in total. The minimum Gasteiger partial charge on any atom is -0.497 e. The van der Waals surface area contributed by atoms with Crippen LogP contribution in [0.2, 0.25) is 0 Å². The smallest absolute Gasteiger partial charge is 0.267 e. The molecule has 194 valence electrons. The minimum atomic E-state index is -0.609. The number of primary amides is 1. The molecule has 36 heavy (non-hydrogen) atoms. The highest BCUT2D eigenvalue weighted by atomic mass is 32.1. The standard InChI is InChI=1S/C12H15N3O2.C12H13NOS.CH5N.CH2O/c1-14-11(12(13)17)8-9-2-4-10(5-3-9)15-6-7-16;1-14-12-5-3-9-6-11(13-8-15)4-2-10(9)7-12;2*1-2/h2-5,8,15-16H,1,6-7H2,(H2,13,17);2-7,13,15H,8H2,1H3;2H2,1H3;1H2/b11-8+;;;. The number of hydrogen-bond acceptors (Lipinski definition) is 9. The first-order valence-electron chi connectivity index (χ1n) is 10.7. The minimum absolute atomic E-state index is 0.0772. The largest absolute Gasteiger partial charge is 0.497 e. The van der Waals surface area contributed by atoms with E-state index in [0.717, 1.165) is 22.7 Å². The lowest BCUT2D eigenvalue weighted by Gasteiger charge is -2.06. The Kier molecular flexibility index (Phi) is 17.4. The first-order valence-corrected chi connectivity index (χ1v) is 11.4. The highest BCUT2D eigenvalue weighted by molar-refractivity contribution is 7.80. The number of methoxy groups -OCH3 is 1. The van der Waals surface area contributed by atoms with E-state index >= 15 is 0 Å². The van der Waals surface area contributed by atoms with E-state index in [9.17, 15) is 4.79 Å². The highest BCUT2D eigenvalue weighted by Gasteiger charge is 2.01. The molecule has 3 aromatic carbocycles. The molecule has 0 saturated carbocycles.